The number of hydrogen-bond acceptors (Lipinski definition) is 4. The summed E-state index contributed by atoms with van der Waals surface area (Å²) in [6.45, 7) is 1.62. The molecule has 0 aromatic carbocycles. The Morgan fingerprint density at radius 3 is 2.43 bits per heavy atom. The minimum absolute atomic E-state index is 0.203. The molecule has 1 aromatic rings. The lowest BCUT2D eigenvalue weighted by Crippen LogP contribution is -2.25. The Bertz CT molecular complexity index is 396. The van der Waals surface area contributed by atoms with Crippen LogP contribution in [0.1, 0.15) is 32.5 Å². The summed E-state index contributed by atoms with van der Waals surface area (Å²) in [6.07, 6.45) is 0.274. The first-order chi connectivity index (χ1) is 6.49. The van der Waals surface area contributed by atoms with Gasteiger partial charge in [0.15, 0.2) is 5.13 Å². The van der Waals surface area contributed by atoms with E-state index in [0.717, 1.165) is 0 Å². The van der Waals surface area contributed by atoms with Crippen LogP contribution in [0.25, 0.3) is 0 Å². The maximum atomic E-state index is 13.0. The lowest BCUT2D eigenvalue weighted by Gasteiger charge is -2.01. The number of aryl methyl sites for hydroxylation is 1. The second kappa shape index (κ2) is 3.75. The second-order valence-electron chi connectivity index (χ2n) is 2.50. The van der Waals surface area contributed by atoms with E-state index in [1.165, 1.54) is 0 Å². The van der Waals surface area contributed by atoms with E-state index >= 15 is 0 Å². The van der Waals surface area contributed by atoms with Crippen molar-refractivity contribution in [3.8, 4) is 0 Å². The van der Waals surface area contributed by atoms with E-state index in [0.29, 0.717) is 11.3 Å². The molecule has 4 nitrogen and oxygen atoms in total. The van der Waals surface area contributed by atoms with Crippen LogP contribution in [0.2, 0.25) is 0 Å². The number of rotatable bonds is 3. The van der Waals surface area contributed by atoms with Gasteiger partial charge in [-0.1, -0.05) is 6.92 Å². The molecule has 0 saturated heterocycles. The Labute approximate surface area is 82.6 Å². The molecule has 0 unspecified atom stereocenters. The predicted molar refractivity (Wildman–Crippen MR) is 44.9 cm³/mol. The highest BCUT2D eigenvalue weighted by Crippen LogP contribution is 2.27. The van der Waals surface area contributed by atoms with Gasteiger partial charge in [-0.3, -0.25) is 0 Å². The molecule has 76 valence electrons. The Morgan fingerprint density at radius 2 is 2.07 bits per heavy atom. The summed E-state index contributed by atoms with van der Waals surface area (Å²) in [5.74, 6) is -3.24. The van der Waals surface area contributed by atoms with Gasteiger partial charge >= 0.3 is 5.97 Å². The average Bonchev–Trinajstić information content (AvgIpc) is 2.41. The normalized spacial score (nSPS) is 10.1. The van der Waals surface area contributed by atoms with Crippen molar-refractivity contribution in [2.45, 2.75) is 13.3 Å². The fourth-order valence-corrected chi connectivity index (χ4v) is 2.04. The third-order valence-corrected chi connectivity index (χ3v) is 2.80. The molecule has 14 heavy (non-hydrogen) atoms. The van der Waals surface area contributed by atoms with E-state index in [-0.39, 0.29) is 11.3 Å². The summed E-state index contributed by atoms with van der Waals surface area (Å²) in [7, 11) is 0. The summed E-state index contributed by atoms with van der Waals surface area (Å²) < 4.78 is 13.0. The Balaban J connectivity index is 3.46. The highest BCUT2D eigenvalue weighted by atomic mass is 32.1. The van der Waals surface area contributed by atoms with Crippen molar-refractivity contribution >= 4 is 23.3 Å². The number of carbonyl (C=O) groups is 2. The monoisotopic (exact) mass is 217 g/mol. The maximum absolute atomic E-state index is 13.0. The number of halogens is 1. The van der Waals surface area contributed by atoms with E-state index in [9.17, 15) is 19.1 Å². The quantitative estimate of drug-likeness (QED) is 0.800. The molecule has 0 aliphatic heterocycles. The van der Waals surface area contributed by atoms with Gasteiger partial charge in [0.05, 0.1) is 17.1 Å². The lowest BCUT2D eigenvalue weighted by molar-refractivity contribution is -0.255. The topological polar surface area (TPSA) is 77.4 Å². The molecule has 0 spiro atoms. The van der Waals surface area contributed by atoms with Crippen molar-refractivity contribution in [1.29, 1.82) is 0 Å². The van der Waals surface area contributed by atoms with Crippen LogP contribution in [0.15, 0.2) is 0 Å². The van der Waals surface area contributed by atoms with E-state index in [1.54, 1.807) is 6.92 Å². The lowest BCUT2D eigenvalue weighted by atomic mass is 10.1. The Hall–Kier alpha value is -1.43. The van der Waals surface area contributed by atoms with Crippen LogP contribution in [0, 0.1) is 5.13 Å². The molecule has 0 saturated carbocycles. The summed E-state index contributed by atoms with van der Waals surface area (Å²) in [5, 5.41) is 18.1. The third-order valence-electron chi connectivity index (χ3n) is 1.68. The standard InChI is InChI=1S/C8H7FO4S/c1-2-3-4(7(10)11)5(8(12)13)6(9)14-3/h2H2,1H3,(H,10,11)(H,12,13)/p-1. The van der Waals surface area contributed by atoms with Gasteiger partial charge < -0.3 is 15.0 Å². The minimum atomic E-state index is -1.80. The molecule has 0 amide bonds. The fourth-order valence-electron chi connectivity index (χ4n) is 1.11. The maximum Gasteiger partial charge on any atom is 0.337 e. The van der Waals surface area contributed by atoms with E-state index in [4.69, 9.17) is 5.11 Å². The summed E-state index contributed by atoms with van der Waals surface area (Å²) in [4.78, 5) is 21.3. The molecule has 1 heterocycles. The van der Waals surface area contributed by atoms with Gasteiger partial charge in [-0.05, 0) is 6.42 Å². The zero-order valence-electron chi connectivity index (χ0n) is 7.17. The van der Waals surface area contributed by atoms with Gasteiger partial charge in [0.25, 0.3) is 0 Å². The SMILES string of the molecule is CCc1sc(F)c(C(=O)[O-])c1C(=O)O. The first-order valence-electron chi connectivity index (χ1n) is 3.74. The summed E-state index contributed by atoms with van der Waals surface area (Å²) in [5.41, 5.74) is -1.34. The first-order valence-corrected chi connectivity index (χ1v) is 4.56. The molecule has 0 radical (unpaired) electrons. The minimum Gasteiger partial charge on any atom is -0.545 e. The number of thiophene rings is 1. The second-order valence-corrected chi connectivity index (χ2v) is 3.55. The average molecular weight is 217 g/mol. The molecular formula is C8H6FO4S-. The largest absolute Gasteiger partial charge is 0.545 e. The van der Waals surface area contributed by atoms with Gasteiger partial charge in [0.1, 0.15) is 0 Å². The van der Waals surface area contributed by atoms with Gasteiger partial charge in [0.2, 0.25) is 0 Å². The van der Waals surface area contributed by atoms with Crippen LogP contribution in [-0.4, -0.2) is 17.0 Å². The van der Waals surface area contributed by atoms with Crippen LogP contribution in [-0.2, 0) is 6.42 Å². The molecule has 0 fully saturated rings. The molecule has 1 rings (SSSR count). The van der Waals surface area contributed by atoms with Gasteiger partial charge in [-0.25, -0.2) is 4.79 Å². The number of hydrogen-bond donors (Lipinski definition) is 1. The van der Waals surface area contributed by atoms with Crippen LogP contribution >= 0.6 is 11.3 Å². The van der Waals surface area contributed by atoms with Crippen LogP contribution in [0.3, 0.4) is 0 Å². The van der Waals surface area contributed by atoms with Crippen molar-refractivity contribution in [2.24, 2.45) is 0 Å². The van der Waals surface area contributed by atoms with Crippen molar-refractivity contribution in [1.82, 2.24) is 0 Å². The van der Waals surface area contributed by atoms with Crippen LogP contribution in [0.4, 0.5) is 4.39 Å². The molecule has 0 atom stereocenters. The third kappa shape index (κ3) is 1.60. The number of carbonyl (C=O) groups excluding carboxylic acids is 1. The molecule has 0 aliphatic carbocycles. The Morgan fingerprint density at radius 1 is 1.50 bits per heavy atom. The summed E-state index contributed by atoms with van der Waals surface area (Å²) >= 11 is 0.529. The van der Waals surface area contributed by atoms with Crippen molar-refractivity contribution in [3.05, 3.63) is 21.1 Å². The number of aromatic carboxylic acids is 2. The molecule has 1 aromatic heterocycles. The van der Waals surface area contributed by atoms with Crippen molar-refractivity contribution in [3.63, 3.8) is 0 Å². The van der Waals surface area contributed by atoms with Gasteiger partial charge in [0, 0.05) is 4.88 Å². The number of carboxylic acid groups (broad SMARTS) is 2. The van der Waals surface area contributed by atoms with E-state index in [2.05, 4.69) is 0 Å². The highest BCUT2D eigenvalue weighted by molar-refractivity contribution is 7.11. The summed E-state index contributed by atoms with van der Waals surface area (Å²) in [6, 6.07) is 0. The highest BCUT2D eigenvalue weighted by Gasteiger charge is 2.23. The van der Waals surface area contributed by atoms with Crippen molar-refractivity contribution in [2.75, 3.05) is 0 Å². The smallest absolute Gasteiger partial charge is 0.337 e. The van der Waals surface area contributed by atoms with Crippen LogP contribution < -0.4 is 5.11 Å². The molecule has 6 heteroatoms. The zero-order valence-corrected chi connectivity index (χ0v) is 7.98. The predicted octanol–water partition coefficient (Wildman–Crippen LogP) is 0.511. The zero-order chi connectivity index (χ0) is 10.9. The number of carboxylic acids is 2. The van der Waals surface area contributed by atoms with Gasteiger partial charge in [-0.15, -0.1) is 11.3 Å². The van der Waals surface area contributed by atoms with E-state index < -0.39 is 28.2 Å². The molecular weight excluding hydrogens is 211 g/mol. The van der Waals surface area contributed by atoms with Crippen molar-refractivity contribution < 1.29 is 24.2 Å². The Kier molecular flexibility index (Phi) is 2.85. The molecule has 1 N–H and O–H groups in total. The van der Waals surface area contributed by atoms with Gasteiger partial charge in [-0.2, -0.15) is 4.39 Å². The fraction of sp³-hybridized carbons (Fsp3) is 0.250. The van der Waals surface area contributed by atoms with Crippen LogP contribution in [0.5, 0.6) is 0 Å². The molecule has 0 aliphatic rings. The molecule has 0 bridgehead atoms. The first kappa shape index (κ1) is 10.6. The van der Waals surface area contributed by atoms with E-state index in [1.807, 2.05) is 0 Å².